The van der Waals surface area contributed by atoms with Gasteiger partial charge in [-0.2, -0.15) is 0 Å². The maximum atomic E-state index is 11.1. The van der Waals surface area contributed by atoms with Crippen molar-refractivity contribution in [2.75, 3.05) is 0 Å². The van der Waals surface area contributed by atoms with E-state index in [1.807, 2.05) is 30.3 Å². The number of benzene rings is 3. The minimum atomic E-state index is -1.29. The Bertz CT molecular complexity index is 1020. The van der Waals surface area contributed by atoms with Crippen molar-refractivity contribution in [1.29, 1.82) is 0 Å². The van der Waals surface area contributed by atoms with Crippen molar-refractivity contribution in [1.82, 2.24) is 0 Å². The molecule has 144 valence electrons. The zero-order valence-corrected chi connectivity index (χ0v) is 14.9. The van der Waals surface area contributed by atoms with Gasteiger partial charge >= 0.3 is 0 Å². The summed E-state index contributed by atoms with van der Waals surface area (Å²) in [7, 11) is 0. The lowest BCUT2D eigenvalue weighted by Crippen LogP contribution is -2.50. The zero-order chi connectivity index (χ0) is 19.9. The molecule has 0 bridgehead atoms. The number of ether oxygens (including phenoxy) is 1. The molecule has 0 spiro atoms. The van der Waals surface area contributed by atoms with E-state index in [-0.39, 0.29) is 41.6 Å². The third-order valence-electron chi connectivity index (χ3n) is 5.17. The average Bonchev–Trinajstić information content (AvgIpc) is 2.66. The largest absolute Gasteiger partial charge is 0.508 e. The van der Waals surface area contributed by atoms with Gasteiger partial charge in [-0.15, -0.1) is 0 Å². The van der Waals surface area contributed by atoms with Crippen LogP contribution in [0.25, 0.3) is 0 Å². The van der Waals surface area contributed by atoms with Gasteiger partial charge in [0.15, 0.2) is 17.1 Å². The number of aliphatic hydroxyl groups excluding tert-OH is 1. The summed E-state index contributed by atoms with van der Waals surface area (Å²) in [5.41, 5.74) is 0.464. The normalized spacial score (nSPS) is 21.0. The number of hydrogen-bond donors (Lipinski definition) is 5. The Balaban J connectivity index is 1.88. The summed E-state index contributed by atoms with van der Waals surface area (Å²) >= 11 is 0. The predicted octanol–water partition coefficient (Wildman–Crippen LogP) is 2.94. The molecule has 1 aliphatic heterocycles. The highest BCUT2D eigenvalue weighted by Crippen LogP contribution is 2.47. The Hall–Kier alpha value is -3.38. The quantitative estimate of drug-likeness (QED) is 0.447. The number of phenols is 4. The SMILES string of the molecule is Oc1cc(O)c2c(c1)O[C@](Cc1ccccc1)(c1ccc(O)c(O)c1)[C@H](O)C2. The van der Waals surface area contributed by atoms with Crippen LogP contribution in [-0.4, -0.2) is 31.6 Å². The Morgan fingerprint density at radius 1 is 0.857 bits per heavy atom. The first kappa shape index (κ1) is 18.0. The summed E-state index contributed by atoms with van der Waals surface area (Å²) in [5.74, 6) is -0.665. The van der Waals surface area contributed by atoms with Gasteiger partial charge in [0.25, 0.3) is 0 Å². The third-order valence-corrected chi connectivity index (χ3v) is 5.17. The van der Waals surface area contributed by atoms with Gasteiger partial charge in [0.1, 0.15) is 23.4 Å². The minimum absolute atomic E-state index is 0.0932. The Morgan fingerprint density at radius 3 is 2.32 bits per heavy atom. The van der Waals surface area contributed by atoms with Crippen molar-refractivity contribution in [3.05, 3.63) is 77.4 Å². The molecule has 3 aromatic rings. The molecule has 2 atom stereocenters. The lowest BCUT2D eigenvalue weighted by molar-refractivity contribution is -0.0728. The molecule has 0 amide bonds. The molecule has 0 radical (unpaired) electrons. The lowest BCUT2D eigenvalue weighted by atomic mass is 9.77. The van der Waals surface area contributed by atoms with E-state index < -0.39 is 11.7 Å². The van der Waals surface area contributed by atoms with Crippen LogP contribution in [0.3, 0.4) is 0 Å². The van der Waals surface area contributed by atoms with Gasteiger partial charge in [-0.05, 0) is 17.7 Å². The molecule has 1 aliphatic rings. The summed E-state index contributed by atoms with van der Waals surface area (Å²) < 4.78 is 6.22. The molecule has 0 aromatic heterocycles. The van der Waals surface area contributed by atoms with E-state index in [2.05, 4.69) is 0 Å². The second-order valence-corrected chi connectivity index (χ2v) is 7.02. The van der Waals surface area contributed by atoms with E-state index in [4.69, 9.17) is 4.74 Å². The third kappa shape index (κ3) is 2.97. The van der Waals surface area contributed by atoms with E-state index >= 15 is 0 Å². The minimum Gasteiger partial charge on any atom is -0.508 e. The smallest absolute Gasteiger partial charge is 0.164 e. The van der Waals surface area contributed by atoms with Crippen LogP contribution in [0, 0.1) is 0 Å². The van der Waals surface area contributed by atoms with Crippen molar-refractivity contribution < 1.29 is 30.3 Å². The molecule has 4 rings (SSSR count). The Labute approximate surface area is 161 Å². The van der Waals surface area contributed by atoms with Crippen LogP contribution in [-0.2, 0) is 18.4 Å². The first-order chi connectivity index (χ1) is 13.4. The molecule has 0 unspecified atom stereocenters. The zero-order valence-electron chi connectivity index (χ0n) is 14.9. The van der Waals surface area contributed by atoms with E-state index in [1.54, 1.807) is 6.07 Å². The van der Waals surface area contributed by atoms with E-state index in [1.165, 1.54) is 24.3 Å². The highest BCUT2D eigenvalue weighted by Gasteiger charge is 2.47. The lowest BCUT2D eigenvalue weighted by Gasteiger charge is -2.43. The van der Waals surface area contributed by atoms with Crippen molar-refractivity contribution >= 4 is 0 Å². The van der Waals surface area contributed by atoms with Crippen molar-refractivity contribution in [3.63, 3.8) is 0 Å². The molecule has 1 heterocycles. The molecule has 6 nitrogen and oxygen atoms in total. The summed E-state index contributed by atoms with van der Waals surface area (Å²) in [6, 6.07) is 16.3. The maximum Gasteiger partial charge on any atom is 0.164 e. The summed E-state index contributed by atoms with van der Waals surface area (Å²) in [6.45, 7) is 0. The number of aromatic hydroxyl groups is 4. The van der Waals surface area contributed by atoms with Crippen molar-refractivity contribution in [2.45, 2.75) is 24.5 Å². The summed E-state index contributed by atoms with van der Waals surface area (Å²) in [4.78, 5) is 0. The first-order valence-corrected chi connectivity index (χ1v) is 8.87. The van der Waals surface area contributed by atoms with Crippen LogP contribution in [0.15, 0.2) is 60.7 Å². The van der Waals surface area contributed by atoms with Crippen LogP contribution in [0.1, 0.15) is 16.7 Å². The molecule has 0 saturated carbocycles. The van der Waals surface area contributed by atoms with Gasteiger partial charge in [-0.3, -0.25) is 0 Å². The van der Waals surface area contributed by atoms with Crippen LogP contribution < -0.4 is 4.74 Å². The number of aliphatic hydroxyl groups is 1. The summed E-state index contributed by atoms with van der Waals surface area (Å²) in [6.07, 6.45) is -0.690. The molecular weight excluding hydrogens is 360 g/mol. The molecule has 3 aromatic carbocycles. The first-order valence-electron chi connectivity index (χ1n) is 8.87. The Morgan fingerprint density at radius 2 is 1.61 bits per heavy atom. The molecule has 28 heavy (non-hydrogen) atoms. The average molecular weight is 380 g/mol. The van der Waals surface area contributed by atoms with Gasteiger partial charge < -0.3 is 30.3 Å². The second-order valence-electron chi connectivity index (χ2n) is 7.02. The fraction of sp³-hybridized carbons (Fsp3) is 0.182. The molecule has 5 N–H and O–H groups in total. The van der Waals surface area contributed by atoms with Crippen molar-refractivity contribution in [2.24, 2.45) is 0 Å². The molecule has 6 heteroatoms. The topological polar surface area (TPSA) is 110 Å². The van der Waals surface area contributed by atoms with E-state index in [0.29, 0.717) is 11.1 Å². The summed E-state index contributed by atoms with van der Waals surface area (Å²) in [5, 5.41) is 50.8. The number of hydrogen-bond acceptors (Lipinski definition) is 6. The van der Waals surface area contributed by atoms with Gasteiger partial charge in [-0.1, -0.05) is 36.4 Å². The van der Waals surface area contributed by atoms with Gasteiger partial charge in [-0.25, -0.2) is 0 Å². The van der Waals surface area contributed by atoms with E-state index in [9.17, 15) is 25.5 Å². The highest BCUT2D eigenvalue weighted by atomic mass is 16.5. The maximum absolute atomic E-state index is 11.1. The molecule has 0 fully saturated rings. The fourth-order valence-corrected chi connectivity index (χ4v) is 3.73. The molecule has 0 saturated heterocycles. The second kappa shape index (κ2) is 6.65. The number of fused-ring (bicyclic) bond motifs is 1. The van der Waals surface area contributed by atoms with Gasteiger partial charge in [0, 0.05) is 36.1 Å². The highest BCUT2D eigenvalue weighted by molar-refractivity contribution is 5.53. The van der Waals surface area contributed by atoms with Gasteiger partial charge in [0.2, 0.25) is 0 Å². The standard InChI is InChI=1S/C22H20O6/c23-15-9-18(25)16-11-21(27)22(28-20(16)10-15,12-13-4-2-1-3-5-13)14-6-7-17(24)19(26)8-14/h1-10,21,23-27H,11-12H2/t21-,22-/m1/s1. The monoisotopic (exact) mass is 380 g/mol. The van der Waals surface area contributed by atoms with Crippen LogP contribution >= 0.6 is 0 Å². The Kier molecular flexibility index (Phi) is 4.28. The predicted molar refractivity (Wildman–Crippen MR) is 102 cm³/mol. The number of phenolic OH excluding ortho intramolecular Hbond substituents is 4. The number of rotatable bonds is 3. The van der Waals surface area contributed by atoms with Crippen LogP contribution in [0.4, 0.5) is 0 Å². The van der Waals surface area contributed by atoms with Gasteiger partial charge in [0.05, 0.1) is 0 Å². The molecule has 0 aliphatic carbocycles. The van der Waals surface area contributed by atoms with Crippen molar-refractivity contribution in [3.8, 4) is 28.7 Å². The van der Waals surface area contributed by atoms with Crippen LogP contribution in [0.5, 0.6) is 28.7 Å². The molecular formula is C22H20O6. The fourth-order valence-electron chi connectivity index (χ4n) is 3.73. The van der Waals surface area contributed by atoms with E-state index in [0.717, 1.165) is 5.56 Å². The van der Waals surface area contributed by atoms with Crippen LogP contribution in [0.2, 0.25) is 0 Å².